The second-order valence-electron chi connectivity index (χ2n) is 5.82. The number of nitriles is 1. The average Bonchev–Trinajstić information content (AvgIpc) is 2.75. The van der Waals surface area contributed by atoms with Crippen LogP contribution < -0.4 is 10.5 Å². The molecule has 1 aromatic rings. The summed E-state index contributed by atoms with van der Waals surface area (Å²) in [5, 5.41) is 9.20. The smallest absolute Gasteiger partial charge is 0.218 e. The Morgan fingerprint density at radius 1 is 1.38 bits per heavy atom. The molecular formula is C16H27N3O2. The molecule has 0 unspecified atom stereocenters. The van der Waals surface area contributed by atoms with Gasteiger partial charge in [-0.05, 0) is 20.3 Å². The van der Waals surface area contributed by atoms with Gasteiger partial charge in [0.2, 0.25) is 5.88 Å². The van der Waals surface area contributed by atoms with Crippen LogP contribution in [-0.4, -0.2) is 23.9 Å². The summed E-state index contributed by atoms with van der Waals surface area (Å²) < 4.78 is 13.1. The first-order valence-electron chi connectivity index (χ1n) is 7.52. The largest absolute Gasteiger partial charge is 0.477 e. The summed E-state index contributed by atoms with van der Waals surface area (Å²) in [6, 6.07) is 3.86. The number of hydrogen-bond acceptors (Lipinski definition) is 4. The van der Waals surface area contributed by atoms with Gasteiger partial charge in [-0.15, -0.1) is 0 Å². The second-order valence-corrected chi connectivity index (χ2v) is 5.82. The summed E-state index contributed by atoms with van der Waals surface area (Å²) in [7, 11) is 1.69. The molecule has 0 fully saturated rings. The molecular weight excluding hydrogens is 266 g/mol. The van der Waals surface area contributed by atoms with E-state index in [1.54, 1.807) is 13.2 Å². The summed E-state index contributed by atoms with van der Waals surface area (Å²) in [5.74, 6) is 0.606. The van der Waals surface area contributed by atoms with Crippen LogP contribution in [0.5, 0.6) is 5.88 Å². The molecule has 0 aliphatic heterocycles. The normalized spacial score (nSPS) is 11.4. The Morgan fingerprint density at radius 3 is 2.67 bits per heavy atom. The highest BCUT2D eigenvalue weighted by molar-refractivity contribution is 5.55. The Bertz CT molecular complexity index is 486. The second kappa shape index (κ2) is 7.94. The first-order chi connectivity index (χ1) is 9.95. The lowest BCUT2D eigenvalue weighted by molar-refractivity contribution is 0.00481. The van der Waals surface area contributed by atoms with Crippen molar-refractivity contribution in [3.8, 4) is 11.9 Å². The molecule has 0 atom stereocenters. The maximum absolute atomic E-state index is 9.20. The number of nitrogen functional groups attached to an aromatic ring is 1. The standard InChI is InChI=1S/C16H27N3O2/c1-5-6-7-9-19-13(12-17)11-14(18)15(19)21-10-8-16(2,3)20-4/h11H,5-10,18H2,1-4H3. The van der Waals surface area contributed by atoms with Gasteiger partial charge in [0.25, 0.3) is 0 Å². The molecule has 0 aliphatic rings. The molecule has 118 valence electrons. The Kier molecular flexibility index (Phi) is 6.57. The summed E-state index contributed by atoms with van der Waals surface area (Å²) >= 11 is 0. The number of hydrogen-bond donors (Lipinski definition) is 1. The van der Waals surface area contributed by atoms with Crippen LogP contribution in [0.15, 0.2) is 6.07 Å². The summed E-state index contributed by atoms with van der Waals surface area (Å²) in [6.07, 6.45) is 4.03. The lowest BCUT2D eigenvalue weighted by atomic mass is 10.1. The van der Waals surface area contributed by atoms with E-state index in [1.807, 2.05) is 18.4 Å². The van der Waals surface area contributed by atoms with E-state index in [1.165, 1.54) is 0 Å². The van der Waals surface area contributed by atoms with Crippen LogP contribution in [0.3, 0.4) is 0 Å². The van der Waals surface area contributed by atoms with Crippen LogP contribution in [0.1, 0.15) is 52.1 Å². The van der Waals surface area contributed by atoms with E-state index in [0.717, 1.165) is 32.2 Å². The average molecular weight is 293 g/mol. The molecule has 1 aromatic heterocycles. The van der Waals surface area contributed by atoms with Crippen molar-refractivity contribution in [3.05, 3.63) is 11.8 Å². The fraction of sp³-hybridized carbons (Fsp3) is 0.688. The number of nitrogens with two attached hydrogens (primary N) is 1. The van der Waals surface area contributed by atoms with Crippen LogP contribution in [0.25, 0.3) is 0 Å². The molecule has 0 saturated carbocycles. The molecule has 0 amide bonds. The van der Waals surface area contributed by atoms with Gasteiger partial charge in [-0.2, -0.15) is 5.26 Å². The minimum Gasteiger partial charge on any atom is -0.477 e. The van der Waals surface area contributed by atoms with E-state index in [2.05, 4.69) is 13.0 Å². The summed E-state index contributed by atoms with van der Waals surface area (Å²) in [4.78, 5) is 0. The molecule has 5 heteroatoms. The SMILES string of the molecule is CCCCCn1c(C#N)cc(N)c1OCCC(C)(C)OC. The van der Waals surface area contributed by atoms with Crippen molar-refractivity contribution in [2.75, 3.05) is 19.5 Å². The lowest BCUT2D eigenvalue weighted by Crippen LogP contribution is -2.25. The van der Waals surface area contributed by atoms with Gasteiger partial charge >= 0.3 is 0 Å². The Labute approximate surface area is 127 Å². The first kappa shape index (κ1) is 17.4. The third-order valence-electron chi connectivity index (χ3n) is 3.67. The quantitative estimate of drug-likeness (QED) is 0.709. The van der Waals surface area contributed by atoms with Gasteiger partial charge in [0.1, 0.15) is 11.8 Å². The van der Waals surface area contributed by atoms with Crippen LogP contribution in [-0.2, 0) is 11.3 Å². The van der Waals surface area contributed by atoms with E-state index < -0.39 is 0 Å². The van der Waals surface area contributed by atoms with Crippen molar-refractivity contribution in [2.45, 2.75) is 58.6 Å². The summed E-state index contributed by atoms with van der Waals surface area (Å²) in [5.41, 5.74) is 6.83. The fourth-order valence-electron chi connectivity index (χ4n) is 2.04. The number of methoxy groups -OCH3 is 1. The topological polar surface area (TPSA) is 73.2 Å². The Hall–Kier alpha value is -1.67. The van der Waals surface area contributed by atoms with Crippen molar-refractivity contribution in [2.24, 2.45) is 0 Å². The number of unbranched alkanes of at least 4 members (excludes halogenated alkanes) is 2. The fourth-order valence-corrected chi connectivity index (χ4v) is 2.04. The van der Waals surface area contributed by atoms with Gasteiger partial charge in [-0.3, -0.25) is 0 Å². The van der Waals surface area contributed by atoms with E-state index in [9.17, 15) is 5.26 Å². The van der Waals surface area contributed by atoms with E-state index >= 15 is 0 Å². The number of rotatable bonds is 9. The number of anilines is 1. The van der Waals surface area contributed by atoms with Crippen molar-refractivity contribution < 1.29 is 9.47 Å². The molecule has 2 N–H and O–H groups in total. The van der Waals surface area contributed by atoms with Crippen molar-refractivity contribution in [1.82, 2.24) is 4.57 Å². The van der Waals surface area contributed by atoms with Gasteiger partial charge in [-0.1, -0.05) is 19.8 Å². The number of aromatic nitrogens is 1. The highest BCUT2D eigenvalue weighted by atomic mass is 16.5. The third kappa shape index (κ3) is 4.98. The maximum Gasteiger partial charge on any atom is 0.218 e. The van der Waals surface area contributed by atoms with Crippen molar-refractivity contribution in [3.63, 3.8) is 0 Å². The van der Waals surface area contributed by atoms with Crippen LogP contribution >= 0.6 is 0 Å². The van der Waals surface area contributed by atoms with Crippen LogP contribution in [0.4, 0.5) is 5.69 Å². The Morgan fingerprint density at radius 2 is 2.10 bits per heavy atom. The minimum atomic E-state index is -0.230. The van der Waals surface area contributed by atoms with Crippen molar-refractivity contribution >= 4 is 5.69 Å². The molecule has 0 aromatic carbocycles. The third-order valence-corrected chi connectivity index (χ3v) is 3.67. The van der Waals surface area contributed by atoms with Gasteiger partial charge in [-0.25, -0.2) is 0 Å². The molecule has 1 rings (SSSR count). The molecule has 5 nitrogen and oxygen atoms in total. The molecule has 0 bridgehead atoms. The zero-order valence-corrected chi connectivity index (χ0v) is 13.6. The lowest BCUT2D eigenvalue weighted by Gasteiger charge is -2.23. The molecule has 0 radical (unpaired) electrons. The predicted molar refractivity (Wildman–Crippen MR) is 84.3 cm³/mol. The van der Waals surface area contributed by atoms with E-state index in [0.29, 0.717) is 23.9 Å². The molecule has 21 heavy (non-hydrogen) atoms. The monoisotopic (exact) mass is 293 g/mol. The van der Waals surface area contributed by atoms with Gasteiger partial charge in [0.05, 0.1) is 17.9 Å². The minimum absolute atomic E-state index is 0.230. The maximum atomic E-state index is 9.20. The van der Waals surface area contributed by atoms with Gasteiger partial charge in [0.15, 0.2) is 0 Å². The van der Waals surface area contributed by atoms with Gasteiger partial charge in [0, 0.05) is 26.1 Å². The molecule has 0 aliphatic carbocycles. The number of ether oxygens (including phenoxy) is 2. The highest BCUT2D eigenvalue weighted by Gasteiger charge is 2.18. The summed E-state index contributed by atoms with van der Waals surface area (Å²) in [6.45, 7) is 7.45. The van der Waals surface area contributed by atoms with Crippen LogP contribution in [0, 0.1) is 11.3 Å². The number of nitrogens with zero attached hydrogens (tertiary/aromatic N) is 2. The Balaban J connectivity index is 2.76. The molecule has 0 saturated heterocycles. The molecule has 0 spiro atoms. The zero-order chi connectivity index (χ0) is 15.9. The predicted octanol–water partition coefficient (Wildman–Crippen LogP) is 3.33. The van der Waals surface area contributed by atoms with E-state index in [4.69, 9.17) is 15.2 Å². The van der Waals surface area contributed by atoms with Crippen LogP contribution in [0.2, 0.25) is 0 Å². The molecule has 1 heterocycles. The van der Waals surface area contributed by atoms with Crippen molar-refractivity contribution in [1.29, 1.82) is 5.26 Å². The zero-order valence-electron chi connectivity index (χ0n) is 13.6. The van der Waals surface area contributed by atoms with Gasteiger partial charge < -0.3 is 19.8 Å². The highest BCUT2D eigenvalue weighted by Crippen LogP contribution is 2.28. The first-order valence-corrected chi connectivity index (χ1v) is 7.52. The van der Waals surface area contributed by atoms with E-state index in [-0.39, 0.29) is 5.60 Å².